The molecule has 0 heterocycles. The third-order valence-corrected chi connectivity index (χ3v) is 2.46. The molecule has 0 saturated heterocycles. The Morgan fingerprint density at radius 3 is 2.81 bits per heavy atom. The van der Waals surface area contributed by atoms with Gasteiger partial charge in [-0.15, -0.1) is 0 Å². The van der Waals surface area contributed by atoms with Crippen LogP contribution in [0.25, 0.3) is 0 Å². The lowest BCUT2D eigenvalue weighted by molar-refractivity contribution is -0.108. The quantitative estimate of drug-likeness (QED) is 0.786. The maximum absolute atomic E-state index is 10.4. The van der Waals surface area contributed by atoms with E-state index < -0.39 is 0 Å². The number of nitrogens with zero attached hydrogens (tertiary/aromatic N) is 1. The summed E-state index contributed by atoms with van der Waals surface area (Å²) in [7, 11) is 1.42. The summed E-state index contributed by atoms with van der Waals surface area (Å²) in [6.07, 6.45) is 1.20. The second kappa shape index (κ2) is 5.17. The molecule has 0 aliphatic heterocycles. The van der Waals surface area contributed by atoms with E-state index >= 15 is 0 Å². The molecule has 0 bridgehead atoms. The largest absolute Gasteiger partial charge is 0.503 e. The molecule has 1 unspecified atom stereocenters. The number of ether oxygens (including phenoxy) is 1. The summed E-state index contributed by atoms with van der Waals surface area (Å²) in [5.74, 6) is 0.0953. The third-order valence-electron chi connectivity index (χ3n) is 2.46. The lowest BCUT2D eigenvalue weighted by atomic mass is 9.96. The first kappa shape index (κ1) is 12.1. The summed E-state index contributed by atoms with van der Waals surface area (Å²) in [5.41, 5.74) is 0.963. The van der Waals surface area contributed by atoms with E-state index in [2.05, 4.69) is 0 Å². The van der Waals surface area contributed by atoms with Crippen molar-refractivity contribution in [2.45, 2.75) is 19.3 Å². The second-order valence-corrected chi connectivity index (χ2v) is 3.53. The standard InChI is InChI=1S/C12H13NO3/c1-8(3-4-14)9-5-10(7-13)12(15)11(6-9)16-2/h4-6,8,15H,3H2,1-2H3. The molecule has 0 amide bonds. The first-order chi connectivity index (χ1) is 7.63. The molecule has 1 aromatic carbocycles. The van der Waals surface area contributed by atoms with E-state index in [0.29, 0.717) is 6.42 Å². The fraction of sp³-hybridized carbons (Fsp3) is 0.333. The normalized spacial score (nSPS) is 11.6. The highest BCUT2D eigenvalue weighted by atomic mass is 16.5. The van der Waals surface area contributed by atoms with E-state index in [-0.39, 0.29) is 23.0 Å². The molecule has 0 fully saturated rings. The Morgan fingerprint density at radius 1 is 1.62 bits per heavy atom. The molecule has 16 heavy (non-hydrogen) atoms. The molecule has 1 aromatic rings. The summed E-state index contributed by atoms with van der Waals surface area (Å²) in [5, 5.41) is 18.4. The van der Waals surface area contributed by atoms with Crippen molar-refractivity contribution in [3.63, 3.8) is 0 Å². The minimum Gasteiger partial charge on any atom is -0.503 e. The van der Waals surface area contributed by atoms with Crippen LogP contribution < -0.4 is 4.74 Å². The van der Waals surface area contributed by atoms with Crippen molar-refractivity contribution in [2.75, 3.05) is 7.11 Å². The van der Waals surface area contributed by atoms with E-state index in [1.807, 2.05) is 13.0 Å². The van der Waals surface area contributed by atoms with Crippen LogP contribution in [0, 0.1) is 11.3 Å². The first-order valence-electron chi connectivity index (χ1n) is 4.88. The van der Waals surface area contributed by atoms with Gasteiger partial charge in [-0.1, -0.05) is 6.92 Å². The highest BCUT2D eigenvalue weighted by molar-refractivity contribution is 5.56. The van der Waals surface area contributed by atoms with Crippen LogP contribution in [0.3, 0.4) is 0 Å². The van der Waals surface area contributed by atoms with Gasteiger partial charge in [0.1, 0.15) is 12.4 Å². The Bertz CT molecular complexity index is 435. The molecule has 84 valence electrons. The van der Waals surface area contributed by atoms with Crippen molar-refractivity contribution >= 4 is 6.29 Å². The lowest BCUT2D eigenvalue weighted by Gasteiger charge is -2.12. The SMILES string of the molecule is COc1cc(C(C)CC=O)cc(C#N)c1O. The molecule has 4 nitrogen and oxygen atoms in total. The van der Waals surface area contributed by atoms with E-state index in [0.717, 1.165) is 11.8 Å². The zero-order chi connectivity index (χ0) is 12.1. The maximum Gasteiger partial charge on any atom is 0.175 e. The lowest BCUT2D eigenvalue weighted by Crippen LogP contribution is -1.97. The number of rotatable bonds is 4. The number of carbonyl (C=O) groups excluding carboxylic acids is 1. The Labute approximate surface area is 94.1 Å². The fourth-order valence-corrected chi connectivity index (χ4v) is 1.43. The number of carbonyl (C=O) groups is 1. The molecule has 1 rings (SSSR count). The molecule has 0 spiro atoms. The number of nitriles is 1. The second-order valence-electron chi connectivity index (χ2n) is 3.53. The van der Waals surface area contributed by atoms with E-state index in [4.69, 9.17) is 10.00 Å². The summed E-state index contributed by atoms with van der Waals surface area (Å²) in [6.45, 7) is 1.88. The monoisotopic (exact) mass is 219 g/mol. The van der Waals surface area contributed by atoms with Crippen molar-refractivity contribution < 1.29 is 14.6 Å². The highest BCUT2D eigenvalue weighted by Crippen LogP contribution is 2.34. The van der Waals surface area contributed by atoms with Crippen LogP contribution in [-0.2, 0) is 4.79 Å². The Kier molecular flexibility index (Phi) is 3.90. The van der Waals surface area contributed by atoms with Crippen LogP contribution in [0.4, 0.5) is 0 Å². The van der Waals surface area contributed by atoms with Gasteiger partial charge < -0.3 is 14.6 Å². The molecule has 1 N–H and O–H groups in total. The zero-order valence-electron chi connectivity index (χ0n) is 9.23. The highest BCUT2D eigenvalue weighted by Gasteiger charge is 2.13. The van der Waals surface area contributed by atoms with E-state index in [9.17, 15) is 9.90 Å². The van der Waals surface area contributed by atoms with Gasteiger partial charge in [0.05, 0.1) is 12.7 Å². The van der Waals surface area contributed by atoms with Gasteiger partial charge in [-0.05, 0) is 23.6 Å². The minimum atomic E-state index is -0.160. The van der Waals surface area contributed by atoms with Gasteiger partial charge in [0.2, 0.25) is 0 Å². The van der Waals surface area contributed by atoms with Crippen LogP contribution >= 0.6 is 0 Å². The minimum absolute atomic E-state index is 0.000833. The number of phenolic OH excluding ortho intramolecular Hbond substituents is 1. The van der Waals surface area contributed by atoms with Crippen molar-refractivity contribution in [2.24, 2.45) is 0 Å². The summed E-state index contributed by atoms with van der Waals surface area (Å²) in [4.78, 5) is 10.4. The molecule has 0 aliphatic rings. The number of aromatic hydroxyl groups is 1. The Hall–Kier alpha value is -2.02. The number of hydrogen-bond donors (Lipinski definition) is 1. The van der Waals surface area contributed by atoms with Gasteiger partial charge in [0.25, 0.3) is 0 Å². The molecular formula is C12H13NO3. The number of methoxy groups -OCH3 is 1. The van der Waals surface area contributed by atoms with Crippen LogP contribution in [-0.4, -0.2) is 18.5 Å². The first-order valence-corrected chi connectivity index (χ1v) is 4.88. The van der Waals surface area contributed by atoms with Crippen molar-refractivity contribution in [3.05, 3.63) is 23.3 Å². The Morgan fingerprint density at radius 2 is 2.31 bits per heavy atom. The molecule has 0 aliphatic carbocycles. The molecule has 0 saturated carbocycles. The van der Waals surface area contributed by atoms with Gasteiger partial charge in [0, 0.05) is 6.42 Å². The van der Waals surface area contributed by atoms with Gasteiger partial charge in [0.15, 0.2) is 11.5 Å². The zero-order valence-corrected chi connectivity index (χ0v) is 9.23. The smallest absolute Gasteiger partial charge is 0.175 e. The average molecular weight is 219 g/mol. The summed E-state index contributed by atoms with van der Waals surface area (Å²) < 4.78 is 4.97. The average Bonchev–Trinajstić information content (AvgIpc) is 2.29. The summed E-state index contributed by atoms with van der Waals surface area (Å²) >= 11 is 0. The topological polar surface area (TPSA) is 70.3 Å². The van der Waals surface area contributed by atoms with Crippen LogP contribution in [0.5, 0.6) is 11.5 Å². The third kappa shape index (κ3) is 2.31. The fourth-order valence-electron chi connectivity index (χ4n) is 1.43. The molecule has 0 aromatic heterocycles. The summed E-state index contributed by atoms with van der Waals surface area (Å²) in [6, 6.07) is 5.11. The van der Waals surface area contributed by atoms with Gasteiger partial charge >= 0.3 is 0 Å². The number of aldehydes is 1. The van der Waals surface area contributed by atoms with Crippen molar-refractivity contribution in [1.29, 1.82) is 5.26 Å². The maximum atomic E-state index is 10.4. The molecular weight excluding hydrogens is 206 g/mol. The van der Waals surface area contributed by atoms with Crippen molar-refractivity contribution in [1.82, 2.24) is 0 Å². The number of hydrogen-bond acceptors (Lipinski definition) is 4. The van der Waals surface area contributed by atoms with Gasteiger partial charge in [-0.2, -0.15) is 5.26 Å². The van der Waals surface area contributed by atoms with Crippen LogP contribution in [0.2, 0.25) is 0 Å². The molecule has 0 radical (unpaired) electrons. The molecule has 4 heteroatoms. The van der Waals surface area contributed by atoms with Gasteiger partial charge in [-0.3, -0.25) is 0 Å². The van der Waals surface area contributed by atoms with Gasteiger partial charge in [-0.25, -0.2) is 0 Å². The predicted molar refractivity (Wildman–Crippen MR) is 58.5 cm³/mol. The van der Waals surface area contributed by atoms with Crippen LogP contribution in [0.1, 0.15) is 30.4 Å². The number of phenols is 1. The van der Waals surface area contributed by atoms with Crippen molar-refractivity contribution in [3.8, 4) is 17.6 Å². The van der Waals surface area contributed by atoms with Crippen LogP contribution in [0.15, 0.2) is 12.1 Å². The van der Waals surface area contributed by atoms with E-state index in [1.54, 1.807) is 12.1 Å². The molecule has 1 atom stereocenters. The predicted octanol–water partition coefficient (Wildman–Crippen LogP) is 1.96. The Balaban J connectivity index is 3.22. The van der Waals surface area contributed by atoms with E-state index in [1.165, 1.54) is 7.11 Å². The number of benzene rings is 1.